The van der Waals surface area contributed by atoms with Gasteiger partial charge in [0, 0.05) is 43.3 Å². The van der Waals surface area contributed by atoms with E-state index in [0.717, 1.165) is 44.8 Å². The summed E-state index contributed by atoms with van der Waals surface area (Å²) in [5, 5.41) is 0.463. The number of nitrogens with zero attached hydrogens (tertiary/aromatic N) is 3. The number of ether oxygens (including phenoxy) is 1. The summed E-state index contributed by atoms with van der Waals surface area (Å²) < 4.78 is 19.1. The summed E-state index contributed by atoms with van der Waals surface area (Å²) in [4.78, 5) is 10.6. The minimum absolute atomic E-state index is 0.463. The molecule has 2 fully saturated rings. The molecule has 0 aromatic carbocycles. The molecule has 1 aromatic heterocycles. The first-order valence-corrected chi connectivity index (χ1v) is 8.99. The molecule has 0 N–H and O–H groups in total. The molecule has 3 heterocycles. The standard InChI is InChI=1S/C18H21ClFN3O/c19-15-8-22-18(20)7-14(15)17-9-21-16(13-1-2-13)11-23(17)10-12-3-5-24-6-4-12/h7-9,12-13H,1-6,10-11H2. The average molecular weight is 350 g/mol. The molecule has 4 rings (SSSR count). The van der Waals surface area contributed by atoms with Gasteiger partial charge in [-0.1, -0.05) is 11.6 Å². The zero-order valence-corrected chi connectivity index (χ0v) is 14.3. The fourth-order valence-electron chi connectivity index (χ4n) is 3.45. The molecule has 3 aliphatic rings. The average Bonchev–Trinajstić information content (AvgIpc) is 3.43. The first kappa shape index (κ1) is 16.0. The van der Waals surface area contributed by atoms with E-state index in [0.29, 0.717) is 22.4 Å². The Kier molecular flexibility index (Phi) is 4.55. The van der Waals surface area contributed by atoms with Gasteiger partial charge in [-0.15, -0.1) is 0 Å². The lowest BCUT2D eigenvalue weighted by Gasteiger charge is -2.35. The Hall–Kier alpha value is -1.46. The van der Waals surface area contributed by atoms with E-state index in [9.17, 15) is 4.39 Å². The molecule has 0 bridgehead atoms. The quantitative estimate of drug-likeness (QED) is 0.777. The summed E-state index contributed by atoms with van der Waals surface area (Å²) in [6, 6.07) is 1.41. The van der Waals surface area contributed by atoms with Crippen molar-refractivity contribution in [2.24, 2.45) is 16.8 Å². The molecule has 1 saturated heterocycles. The molecule has 24 heavy (non-hydrogen) atoms. The van der Waals surface area contributed by atoms with Gasteiger partial charge in [-0.05, 0) is 37.5 Å². The fraction of sp³-hybridized carbons (Fsp3) is 0.556. The van der Waals surface area contributed by atoms with Gasteiger partial charge in [0.1, 0.15) is 0 Å². The van der Waals surface area contributed by atoms with E-state index in [2.05, 4.69) is 14.9 Å². The van der Waals surface area contributed by atoms with Gasteiger partial charge in [-0.2, -0.15) is 4.39 Å². The second-order valence-electron chi connectivity index (χ2n) is 6.83. The van der Waals surface area contributed by atoms with Crippen LogP contribution in [0.15, 0.2) is 23.5 Å². The van der Waals surface area contributed by atoms with Crippen molar-refractivity contribution in [2.75, 3.05) is 26.3 Å². The second kappa shape index (κ2) is 6.81. The van der Waals surface area contributed by atoms with Crippen LogP contribution in [-0.4, -0.2) is 41.9 Å². The Morgan fingerprint density at radius 2 is 2.04 bits per heavy atom. The molecule has 2 aliphatic heterocycles. The van der Waals surface area contributed by atoms with Gasteiger partial charge in [0.05, 0.1) is 23.5 Å². The van der Waals surface area contributed by atoms with Crippen LogP contribution >= 0.6 is 11.6 Å². The van der Waals surface area contributed by atoms with E-state index in [4.69, 9.17) is 16.3 Å². The summed E-state index contributed by atoms with van der Waals surface area (Å²) in [6.45, 7) is 3.40. The number of aromatic nitrogens is 1. The second-order valence-corrected chi connectivity index (χ2v) is 7.24. The van der Waals surface area contributed by atoms with E-state index < -0.39 is 5.95 Å². The van der Waals surface area contributed by atoms with Gasteiger partial charge in [0.25, 0.3) is 0 Å². The van der Waals surface area contributed by atoms with Crippen LogP contribution < -0.4 is 0 Å². The topological polar surface area (TPSA) is 37.7 Å². The molecule has 0 unspecified atom stereocenters. The van der Waals surface area contributed by atoms with Crippen LogP contribution in [0.4, 0.5) is 4.39 Å². The first-order chi connectivity index (χ1) is 11.7. The van der Waals surface area contributed by atoms with E-state index in [1.165, 1.54) is 30.8 Å². The Bertz CT molecular complexity index is 681. The van der Waals surface area contributed by atoms with Crippen molar-refractivity contribution in [2.45, 2.75) is 25.7 Å². The molecule has 0 atom stereocenters. The van der Waals surface area contributed by atoms with Crippen molar-refractivity contribution >= 4 is 23.0 Å². The Balaban J connectivity index is 1.62. The van der Waals surface area contributed by atoms with Crippen LogP contribution in [0.1, 0.15) is 31.2 Å². The van der Waals surface area contributed by atoms with Crippen LogP contribution in [0, 0.1) is 17.8 Å². The van der Waals surface area contributed by atoms with Crippen LogP contribution in [0.2, 0.25) is 5.02 Å². The lowest BCUT2D eigenvalue weighted by molar-refractivity contribution is 0.0597. The maximum atomic E-state index is 13.6. The molecule has 0 amide bonds. The van der Waals surface area contributed by atoms with Crippen LogP contribution in [-0.2, 0) is 4.74 Å². The zero-order valence-electron chi connectivity index (χ0n) is 13.5. The molecule has 1 aromatic rings. The van der Waals surface area contributed by atoms with Crippen molar-refractivity contribution in [1.82, 2.24) is 9.88 Å². The van der Waals surface area contributed by atoms with Crippen molar-refractivity contribution in [3.8, 4) is 0 Å². The molecule has 6 heteroatoms. The SMILES string of the molecule is Fc1cc(C2=CN=C(C3CC3)CN2CC2CCOCC2)c(Cl)cn1. The number of aliphatic imine (C=N–C) groups is 1. The predicted octanol–water partition coefficient (Wildman–Crippen LogP) is 3.77. The highest BCUT2D eigenvalue weighted by Gasteiger charge is 2.32. The molecule has 1 aliphatic carbocycles. The zero-order chi connectivity index (χ0) is 16.5. The first-order valence-electron chi connectivity index (χ1n) is 8.61. The normalized spacial score (nSPS) is 22.3. The number of pyridine rings is 1. The van der Waals surface area contributed by atoms with Crippen molar-refractivity contribution in [3.05, 3.63) is 35.0 Å². The highest BCUT2D eigenvalue weighted by Crippen LogP contribution is 2.36. The molecule has 1 saturated carbocycles. The van der Waals surface area contributed by atoms with E-state index in [1.807, 2.05) is 6.20 Å². The molecular weight excluding hydrogens is 329 g/mol. The summed E-state index contributed by atoms with van der Waals surface area (Å²) in [5.74, 6) is 0.703. The third-order valence-electron chi connectivity index (χ3n) is 5.01. The Morgan fingerprint density at radius 3 is 2.79 bits per heavy atom. The van der Waals surface area contributed by atoms with Crippen molar-refractivity contribution in [3.63, 3.8) is 0 Å². The summed E-state index contributed by atoms with van der Waals surface area (Å²) >= 11 is 6.28. The van der Waals surface area contributed by atoms with Gasteiger partial charge >= 0.3 is 0 Å². The highest BCUT2D eigenvalue weighted by molar-refractivity contribution is 6.32. The number of hydrogen-bond donors (Lipinski definition) is 0. The van der Waals surface area contributed by atoms with Gasteiger partial charge in [0.15, 0.2) is 0 Å². The number of rotatable bonds is 4. The van der Waals surface area contributed by atoms with Crippen LogP contribution in [0.5, 0.6) is 0 Å². The summed E-state index contributed by atoms with van der Waals surface area (Å²) in [7, 11) is 0. The molecule has 0 radical (unpaired) electrons. The van der Waals surface area contributed by atoms with E-state index >= 15 is 0 Å². The third-order valence-corrected chi connectivity index (χ3v) is 5.31. The minimum atomic E-state index is -0.515. The largest absolute Gasteiger partial charge is 0.381 e. The molecular formula is C18H21ClFN3O. The predicted molar refractivity (Wildman–Crippen MR) is 92.5 cm³/mol. The van der Waals surface area contributed by atoms with Crippen molar-refractivity contribution in [1.29, 1.82) is 0 Å². The summed E-state index contributed by atoms with van der Waals surface area (Å²) in [5.41, 5.74) is 2.82. The molecule has 0 spiro atoms. The van der Waals surface area contributed by atoms with Gasteiger partial charge < -0.3 is 9.64 Å². The number of halogens is 2. The lowest BCUT2D eigenvalue weighted by atomic mass is 9.98. The molecule has 4 nitrogen and oxygen atoms in total. The van der Waals surface area contributed by atoms with E-state index in [1.54, 1.807) is 0 Å². The highest BCUT2D eigenvalue weighted by atomic mass is 35.5. The fourth-order valence-corrected chi connectivity index (χ4v) is 3.65. The van der Waals surface area contributed by atoms with Crippen LogP contribution in [0.3, 0.4) is 0 Å². The lowest BCUT2D eigenvalue weighted by Crippen LogP contribution is -2.37. The molecule has 128 valence electrons. The van der Waals surface area contributed by atoms with Crippen molar-refractivity contribution < 1.29 is 9.13 Å². The van der Waals surface area contributed by atoms with E-state index in [-0.39, 0.29) is 0 Å². The smallest absolute Gasteiger partial charge is 0.213 e. The minimum Gasteiger partial charge on any atom is -0.381 e. The Morgan fingerprint density at radius 1 is 1.25 bits per heavy atom. The summed E-state index contributed by atoms with van der Waals surface area (Å²) in [6.07, 6.45) is 7.84. The van der Waals surface area contributed by atoms with Crippen LogP contribution in [0.25, 0.3) is 5.70 Å². The van der Waals surface area contributed by atoms with Gasteiger partial charge in [-0.3, -0.25) is 4.99 Å². The Labute approximate surface area is 146 Å². The van der Waals surface area contributed by atoms with Gasteiger partial charge in [0.2, 0.25) is 5.95 Å². The number of hydrogen-bond acceptors (Lipinski definition) is 4. The maximum Gasteiger partial charge on any atom is 0.213 e. The third kappa shape index (κ3) is 3.47. The monoisotopic (exact) mass is 349 g/mol. The maximum absolute atomic E-state index is 13.6. The van der Waals surface area contributed by atoms with Gasteiger partial charge in [-0.25, -0.2) is 4.98 Å².